The molecule has 2 saturated heterocycles. The Kier molecular flexibility index (Phi) is 5.91. The second kappa shape index (κ2) is 8.99. The van der Waals surface area contributed by atoms with Gasteiger partial charge in [0, 0.05) is 53.9 Å². The van der Waals surface area contributed by atoms with Crippen LogP contribution < -0.4 is 5.56 Å². The summed E-state index contributed by atoms with van der Waals surface area (Å²) in [6.45, 7) is 5.48. The number of nitrogens with zero attached hydrogens (tertiary/aromatic N) is 5. The maximum Gasteiger partial charge on any atom is 0.277 e. The number of aromatic nitrogens is 5. The van der Waals surface area contributed by atoms with Gasteiger partial charge in [0.25, 0.3) is 5.56 Å². The van der Waals surface area contributed by atoms with Crippen LogP contribution in [-0.4, -0.2) is 50.1 Å². The van der Waals surface area contributed by atoms with Crippen LogP contribution in [0.2, 0.25) is 0 Å². The number of ether oxygens (including phenoxy) is 2. The Bertz CT molecular complexity index is 1340. The standard InChI is InChI=1S/C26H31F2N5O3/c1-15-16(2)30-24-21(17-3-6-26(27,28)7-4-17)10-22(31-33(24)25(15)34)18-5-8-36-23(9-18)19-11-29-32(12-19)20-13-35-14-20/h10-12,17-18,20,23H,3-9,13-14H2,1-2H3/t18-,23+/m1/s1. The number of hydrogen-bond acceptors (Lipinski definition) is 6. The number of aryl methyl sites for hydroxylation is 1. The van der Waals surface area contributed by atoms with Gasteiger partial charge in [0.1, 0.15) is 0 Å². The highest BCUT2D eigenvalue weighted by Crippen LogP contribution is 2.43. The highest BCUT2D eigenvalue weighted by molar-refractivity contribution is 5.51. The molecule has 10 heteroatoms. The first kappa shape index (κ1) is 23.7. The first-order valence-corrected chi connectivity index (χ1v) is 12.8. The maximum absolute atomic E-state index is 13.9. The van der Waals surface area contributed by atoms with Crippen molar-refractivity contribution in [2.75, 3.05) is 19.8 Å². The summed E-state index contributed by atoms with van der Waals surface area (Å²) in [6, 6.07) is 2.30. The molecule has 1 aliphatic carbocycles. The van der Waals surface area contributed by atoms with Crippen LogP contribution in [0.25, 0.3) is 5.65 Å². The fraction of sp³-hybridized carbons (Fsp3) is 0.615. The third-order valence-electron chi connectivity index (χ3n) is 8.15. The molecule has 6 rings (SSSR count). The van der Waals surface area contributed by atoms with Gasteiger partial charge in [-0.1, -0.05) is 0 Å². The van der Waals surface area contributed by atoms with E-state index in [-0.39, 0.29) is 42.4 Å². The van der Waals surface area contributed by atoms with E-state index in [1.165, 1.54) is 4.52 Å². The number of halogens is 2. The zero-order valence-corrected chi connectivity index (χ0v) is 20.6. The SMILES string of the molecule is Cc1nc2c(C3CCC(F)(F)CC3)cc([C@@H]3CCO[C@H](c4cnn(C5COC5)c4)C3)nn2c(=O)c1C. The summed E-state index contributed by atoms with van der Waals surface area (Å²) >= 11 is 0. The zero-order valence-electron chi connectivity index (χ0n) is 20.6. The van der Waals surface area contributed by atoms with Crippen molar-refractivity contribution in [3.8, 4) is 0 Å². The highest BCUT2D eigenvalue weighted by atomic mass is 19.3. The van der Waals surface area contributed by atoms with Gasteiger partial charge in [0.05, 0.1) is 37.3 Å². The van der Waals surface area contributed by atoms with E-state index in [0.717, 1.165) is 23.2 Å². The molecule has 1 saturated carbocycles. The predicted octanol–water partition coefficient (Wildman–Crippen LogP) is 4.40. The van der Waals surface area contributed by atoms with Gasteiger partial charge < -0.3 is 9.47 Å². The minimum Gasteiger partial charge on any atom is -0.377 e. The first-order chi connectivity index (χ1) is 17.3. The van der Waals surface area contributed by atoms with E-state index in [1.54, 1.807) is 6.92 Å². The van der Waals surface area contributed by atoms with Crippen LogP contribution in [0, 0.1) is 13.8 Å². The van der Waals surface area contributed by atoms with E-state index < -0.39 is 5.92 Å². The average Bonchev–Trinajstić information content (AvgIpc) is 3.31. The molecule has 3 aliphatic rings. The third-order valence-corrected chi connectivity index (χ3v) is 8.15. The molecule has 3 aromatic rings. The minimum absolute atomic E-state index is 0.0702. The van der Waals surface area contributed by atoms with E-state index in [1.807, 2.05) is 30.1 Å². The molecule has 0 aromatic carbocycles. The van der Waals surface area contributed by atoms with Gasteiger partial charge in [0.2, 0.25) is 5.92 Å². The van der Waals surface area contributed by atoms with Crippen molar-refractivity contribution >= 4 is 5.65 Å². The van der Waals surface area contributed by atoms with E-state index in [9.17, 15) is 13.6 Å². The predicted molar refractivity (Wildman–Crippen MR) is 128 cm³/mol. The van der Waals surface area contributed by atoms with Crippen LogP contribution in [0.5, 0.6) is 0 Å². The molecule has 2 aliphatic heterocycles. The molecule has 192 valence electrons. The molecule has 36 heavy (non-hydrogen) atoms. The maximum atomic E-state index is 13.9. The number of hydrogen-bond donors (Lipinski definition) is 0. The fourth-order valence-electron chi connectivity index (χ4n) is 5.59. The molecule has 0 bridgehead atoms. The fourth-order valence-corrected chi connectivity index (χ4v) is 5.59. The molecule has 0 spiro atoms. The lowest BCUT2D eigenvalue weighted by molar-refractivity contribution is -0.0382. The Balaban J connectivity index is 1.35. The van der Waals surface area contributed by atoms with Crippen molar-refractivity contribution in [2.45, 2.75) is 82.3 Å². The van der Waals surface area contributed by atoms with E-state index in [0.29, 0.717) is 56.0 Å². The summed E-state index contributed by atoms with van der Waals surface area (Å²) in [6.07, 6.45) is 5.69. The lowest BCUT2D eigenvalue weighted by Crippen LogP contribution is -2.30. The van der Waals surface area contributed by atoms with Gasteiger partial charge in [0.15, 0.2) is 5.65 Å². The Hall–Kier alpha value is -2.72. The van der Waals surface area contributed by atoms with Crippen molar-refractivity contribution in [1.29, 1.82) is 0 Å². The normalized spacial score (nSPS) is 25.2. The topological polar surface area (TPSA) is 83.5 Å². The molecular formula is C26H31F2N5O3. The van der Waals surface area contributed by atoms with Crippen LogP contribution >= 0.6 is 0 Å². The second-order valence-electron chi connectivity index (χ2n) is 10.5. The van der Waals surface area contributed by atoms with Crippen LogP contribution in [0.3, 0.4) is 0 Å². The lowest BCUT2D eigenvalue weighted by Gasteiger charge is -2.31. The van der Waals surface area contributed by atoms with E-state index in [4.69, 9.17) is 19.6 Å². The van der Waals surface area contributed by atoms with E-state index in [2.05, 4.69) is 5.10 Å². The Morgan fingerprint density at radius 3 is 2.61 bits per heavy atom. The monoisotopic (exact) mass is 499 g/mol. The lowest BCUT2D eigenvalue weighted by atomic mass is 9.81. The van der Waals surface area contributed by atoms with Crippen LogP contribution in [0.4, 0.5) is 8.78 Å². The van der Waals surface area contributed by atoms with Gasteiger partial charge in [-0.25, -0.2) is 13.8 Å². The molecule has 0 unspecified atom stereocenters. The Morgan fingerprint density at radius 2 is 1.89 bits per heavy atom. The second-order valence-corrected chi connectivity index (χ2v) is 10.5. The molecule has 2 atom stereocenters. The molecule has 8 nitrogen and oxygen atoms in total. The van der Waals surface area contributed by atoms with Crippen molar-refractivity contribution < 1.29 is 18.3 Å². The summed E-state index contributed by atoms with van der Waals surface area (Å²) in [5, 5.41) is 9.26. The summed E-state index contributed by atoms with van der Waals surface area (Å²) in [5.41, 5.74) is 4.18. The van der Waals surface area contributed by atoms with Gasteiger partial charge >= 0.3 is 0 Å². The van der Waals surface area contributed by atoms with Crippen molar-refractivity contribution in [2.24, 2.45) is 0 Å². The highest BCUT2D eigenvalue weighted by Gasteiger charge is 2.37. The molecule has 0 amide bonds. The van der Waals surface area contributed by atoms with Crippen LogP contribution in [0.15, 0.2) is 23.3 Å². The molecule has 5 heterocycles. The Morgan fingerprint density at radius 1 is 1.11 bits per heavy atom. The van der Waals surface area contributed by atoms with Crippen molar-refractivity contribution in [3.05, 3.63) is 56.9 Å². The molecule has 0 radical (unpaired) electrons. The number of alkyl halides is 2. The quantitative estimate of drug-likeness (QED) is 0.529. The number of fused-ring (bicyclic) bond motifs is 1. The largest absolute Gasteiger partial charge is 0.377 e. The first-order valence-electron chi connectivity index (χ1n) is 12.8. The van der Waals surface area contributed by atoms with Crippen LogP contribution in [-0.2, 0) is 9.47 Å². The molecular weight excluding hydrogens is 468 g/mol. The van der Waals surface area contributed by atoms with E-state index >= 15 is 0 Å². The number of rotatable bonds is 4. The van der Waals surface area contributed by atoms with Crippen LogP contribution in [0.1, 0.15) is 90.6 Å². The van der Waals surface area contributed by atoms with Crippen molar-refractivity contribution in [1.82, 2.24) is 24.4 Å². The smallest absolute Gasteiger partial charge is 0.277 e. The Labute approximate surface area is 207 Å². The van der Waals surface area contributed by atoms with Gasteiger partial charge in [-0.3, -0.25) is 9.48 Å². The average molecular weight is 500 g/mol. The summed E-state index contributed by atoms with van der Waals surface area (Å²) in [7, 11) is 0. The summed E-state index contributed by atoms with van der Waals surface area (Å²) < 4.78 is 42.6. The van der Waals surface area contributed by atoms with Crippen molar-refractivity contribution in [3.63, 3.8) is 0 Å². The summed E-state index contributed by atoms with van der Waals surface area (Å²) in [4.78, 5) is 17.9. The van der Waals surface area contributed by atoms with Gasteiger partial charge in [-0.15, -0.1) is 0 Å². The van der Waals surface area contributed by atoms with Gasteiger partial charge in [-0.05, 0) is 51.5 Å². The summed E-state index contributed by atoms with van der Waals surface area (Å²) in [5.74, 6) is -2.63. The molecule has 3 fully saturated rings. The molecule has 0 N–H and O–H groups in total. The minimum atomic E-state index is -2.62. The van der Waals surface area contributed by atoms with Gasteiger partial charge in [-0.2, -0.15) is 14.7 Å². The molecule has 3 aromatic heterocycles. The third kappa shape index (κ3) is 4.24. The zero-order chi connectivity index (χ0) is 25.0.